The van der Waals surface area contributed by atoms with Crippen LogP contribution in [0.15, 0.2) is 34.9 Å². The van der Waals surface area contributed by atoms with Gasteiger partial charge in [-0.3, -0.25) is 9.36 Å². The number of ketones is 1. The Morgan fingerprint density at radius 1 is 1.13 bits per heavy atom. The Morgan fingerprint density at radius 2 is 1.87 bits per heavy atom. The van der Waals surface area contributed by atoms with Gasteiger partial charge in [-0.15, -0.1) is 0 Å². The maximum atomic E-state index is 13.5. The van der Waals surface area contributed by atoms with E-state index in [0.717, 1.165) is 16.8 Å². The number of nitrogens with one attached hydrogen (secondary N) is 1. The van der Waals surface area contributed by atoms with Gasteiger partial charge in [0.1, 0.15) is 17.1 Å². The van der Waals surface area contributed by atoms with Crippen molar-refractivity contribution in [2.45, 2.75) is 27.7 Å². The van der Waals surface area contributed by atoms with Gasteiger partial charge in [0, 0.05) is 17.7 Å². The monoisotopic (exact) mass is 415 g/mol. The summed E-state index contributed by atoms with van der Waals surface area (Å²) in [6, 6.07) is 6.85. The van der Waals surface area contributed by atoms with Gasteiger partial charge >= 0.3 is 0 Å². The van der Waals surface area contributed by atoms with Gasteiger partial charge in [0.15, 0.2) is 11.2 Å². The molecule has 4 N–H and O–H groups in total. The van der Waals surface area contributed by atoms with Crippen molar-refractivity contribution < 1.29 is 14.3 Å². The Labute approximate surface area is 177 Å². The Bertz CT molecular complexity index is 1490. The van der Waals surface area contributed by atoms with Gasteiger partial charge in [-0.05, 0) is 39.3 Å². The van der Waals surface area contributed by atoms with Crippen molar-refractivity contribution in [2.24, 2.45) is 0 Å². The Kier molecular flexibility index (Phi) is 3.95. The van der Waals surface area contributed by atoms with Crippen LogP contribution in [0.3, 0.4) is 0 Å². The molecule has 0 radical (unpaired) electrons. The lowest BCUT2D eigenvalue weighted by molar-refractivity contribution is 0.103. The van der Waals surface area contributed by atoms with Crippen LogP contribution in [0.25, 0.3) is 28.0 Å². The zero-order valence-corrected chi connectivity index (χ0v) is 17.6. The number of phenols is 1. The summed E-state index contributed by atoms with van der Waals surface area (Å²) in [6.45, 7) is 7.43. The molecule has 4 aromatic heterocycles. The molecule has 8 heteroatoms. The number of aromatic amines is 1. The molecular weight excluding hydrogens is 394 g/mol. The van der Waals surface area contributed by atoms with Gasteiger partial charge in [-0.1, -0.05) is 6.07 Å². The lowest BCUT2D eigenvalue weighted by Gasteiger charge is -2.15. The highest BCUT2D eigenvalue weighted by atomic mass is 16.3. The second-order valence-electron chi connectivity index (χ2n) is 7.75. The number of nitrogen functional groups attached to an aromatic ring is 1. The largest absolute Gasteiger partial charge is 0.508 e. The number of aryl methyl sites for hydroxylation is 3. The van der Waals surface area contributed by atoms with E-state index < -0.39 is 0 Å². The first-order valence-electron chi connectivity index (χ1n) is 9.83. The molecule has 0 aliphatic carbocycles. The highest BCUT2D eigenvalue weighted by molar-refractivity contribution is 6.19. The molecule has 0 fully saturated rings. The van der Waals surface area contributed by atoms with Crippen LogP contribution in [0.4, 0.5) is 5.82 Å². The second-order valence-corrected chi connectivity index (χ2v) is 7.75. The second kappa shape index (κ2) is 6.46. The molecule has 0 saturated carbocycles. The van der Waals surface area contributed by atoms with Crippen molar-refractivity contribution in [3.05, 3.63) is 64.3 Å². The molecule has 0 aliphatic heterocycles. The molecule has 5 aromatic rings. The number of nitrogens with two attached hydrogens (primary N) is 1. The Morgan fingerprint density at radius 3 is 2.61 bits per heavy atom. The summed E-state index contributed by atoms with van der Waals surface area (Å²) in [5, 5.41) is 10.3. The van der Waals surface area contributed by atoms with Crippen molar-refractivity contribution in [3.63, 3.8) is 0 Å². The van der Waals surface area contributed by atoms with Gasteiger partial charge in [0.2, 0.25) is 5.78 Å². The third-order valence-corrected chi connectivity index (χ3v) is 5.77. The number of anilines is 1. The van der Waals surface area contributed by atoms with Gasteiger partial charge in [-0.2, -0.15) is 0 Å². The van der Waals surface area contributed by atoms with Crippen molar-refractivity contribution in [3.8, 4) is 11.4 Å². The number of fused-ring (bicyclic) bond motifs is 2. The smallest absolute Gasteiger partial charge is 0.215 e. The topological polar surface area (TPSA) is 123 Å². The minimum Gasteiger partial charge on any atom is -0.508 e. The molecule has 4 heterocycles. The quantitative estimate of drug-likeness (QED) is 0.379. The summed E-state index contributed by atoms with van der Waals surface area (Å²) in [5.41, 5.74) is 13.0. The molecule has 0 amide bonds. The number of rotatable bonds is 3. The highest BCUT2D eigenvalue weighted by Crippen LogP contribution is 2.36. The molecule has 8 nitrogen and oxygen atoms in total. The number of furan rings is 1. The van der Waals surface area contributed by atoms with E-state index in [1.807, 2.05) is 20.8 Å². The number of hydrogen-bond donors (Lipinski definition) is 3. The van der Waals surface area contributed by atoms with Crippen LogP contribution in [0.5, 0.6) is 5.75 Å². The summed E-state index contributed by atoms with van der Waals surface area (Å²) >= 11 is 0. The van der Waals surface area contributed by atoms with Crippen molar-refractivity contribution in [2.75, 3.05) is 5.73 Å². The van der Waals surface area contributed by atoms with Crippen LogP contribution in [-0.4, -0.2) is 30.4 Å². The fraction of sp³-hybridized carbons (Fsp3) is 0.174. The van der Waals surface area contributed by atoms with Gasteiger partial charge in [0.25, 0.3) is 0 Å². The molecule has 0 saturated heterocycles. The SMILES string of the molecule is Cc1ccc(O)c(C)c1-n1c(N)c(C(=O)c2cc3occc3[nH]2)c2nc(C)c(C)nc21. The first kappa shape index (κ1) is 18.9. The van der Waals surface area contributed by atoms with E-state index in [0.29, 0.717) is 39.4 Å². The maximum Gasteiger partial charge on any atom is 0.215 e. The molecule has 0 bridgehead atoms. The predicted molar refractivity (Wildman–Crippen MR) is 118 cm³/mol. The third-order valence-electron chi connectivity index (χ3n) is 5.77. The van der Waals surface area contributed by atoms with Gasteiger partial charge in [-0.25, -0.2) is 9.97 Å². The summed E-state index contributed by atoms with van der Waals surface area (Å²) in [7, 11) is 0. The standard InChI is InChI=1S/C23H21N5O3/c1-10-5-6-16(29)11(2)20(10)28-22(24)18(19-23(28)26-13(4)12(3)25-19)21(30)15-9-17-14(27-15)7-8-31-17/h5-9,27,29H,24H2,1-4H3. The number of hydrogen-bond acceptors (Lipinski definition) is 6. The van der Waals surface area contributed by atoms with E-state index >= 15 is 0 Å². The minimum atomic E-state index is -0.305. The van der Waals surface area contributed by atoms with Crippen LogP contribution in [0.2, 0.25) is 0 Å². The van der Waals surface area contributed by atoms with Crippen LogP contribution >= 0.6 is 0 Å². The molecule has 5 rings (SSSR count). The van der Waals surface area contributed by atoms with Crippen LogP contribution in [0.1, 0.15) is 38.6 Å². The third kappa shape index (κ3) is 2.64. The van der Waals surface area contributed by atoms with Crippen molar-refractivity contribution in [1.29, 1.82) is 0 Å². The fourth-order valence-corrected chi connectivity index (χ4v) is 3.99. The number of aromatic hydroxyl groups is 1. The number of benzene rings is 1. The minimum absolute atomic E-state index is 0.135. The molecule has 1 aromatic carbocycles. The summed E-state index contributed by atoms with van der Waals surface area (Å²) in [4.78, 5) is 26.0. The van der Waals surface area contributed by atoms with E-state index in [2.05, 4.69) is 9.97 Å². The fourth-order valence-electron chi connectivity index (χ4n) is 3.99. The number of nitrogens with zero attached hydrogens (tertiary/aromatic N) is 3. The number of H-pyrrole nitrogens is 1. The average molecular weight is 415 g/mol. The van der Waals surface area contributed by atoms with Gasteiger partial charge < -0.3 is 20.2 Å². The molecule has 0 unspecified atom stereocenters. The zero-order valence-electron chi connectivity index (χ0n) is 17.6. The predicted octanol–water partition coefficient (Wildman–Crippen LogP) is 4.25. The maximum absolute atomic E-state index is 13.5. The van der Waals surface area contributed by atoms with E-state index in [1.54, 1.807) is 42.0 Å². The lowest BCUT2D eigenvalue weighted by atomic mass is 10.1. The summed E-state index contributed by atoms with van der Waals surface area (Å²) in [6.07, 6.45) is 1.56. The molecule has 0 atom stereocenters. The van der Waals surface area contributed by atoms with Crippen molar-refractivity contribution in [1.82, 2.24) is 19.5 Å². The van der Waals surface area contributed by atoms with Gasteiger partial charge in [0.05, 0.1) is 40.1 Å². The Balaban J connectivity index is 1.85. The van der Waals surface area contributed by atoms with E-state index in [9.17, 15) is 9.90 Å². The lowest BCUT2D eigenvalue weighted by Crippen LogP contribution is -2.09. The summed E-state index contributed by atoms with van der Waals surface area (Å²) < 4.78 is 7.09. The number of carbonyl (C=O) groups is 1. The average Bonchev–Trinajstić information content (AvgIpc) is 3.39. The molecular formula is C23H21N5O3. The number of carbonyl (C=O) groups excluding carboxylic acids is 1. The first-order valence-corrected chi connectivity index (χ1v) is 9.83. The van der Waals surface area contributed by atoms with Crippen LogP contribution < -0.4 is 5.73 Å². The zero-order chi connectivity index (χ0) is 22.0. The molecule has 0 aliphatic rings. The van der Waals surface area contributed by atoms with E-state index in [1.165, 1.54) is 0 Å². The molecule has 156 valence electrons. The first-order chi connectivity index (χ1) is 14.8. The van der Waals surface area contributed by atoms with E-state index in [4.69, 9.17) is 15.1 Å². The van der Waals surface area contributed by atoms with Crippen molar-refractivity contribution >= 4 is 33.9 Å². The van der Waals surface area contributed by atoms with E-state index in [-0.39, 0.29) is 22.9 Å². The van der Waals surface area contributed by atoms with Crippen LogP contribution in [0, 0.1) is 27.7 Å². The number of aromatic nitrogens is 4. The normalized spacial score (nSPS) is 11.6. The molecule has 0 spiro atoms. The Hall–Kier alpha value is -4.07. The molecule has 31 heavy (non-hydrogen) atoms. The summed E-state index contributed by atoms with van der Waals surface area (Å²) in [5.74, 6) is 0.0462. The highest BCUT2D eigenvalue weighted by Gasteiger charge is 2.28. The number of phenolic OH excluding ortho intramolecular Hbond substituents is 1. The van der Waals surface area contributed by atoms with Crippen LogP contribution in [-0.2, 0) is 0 Å².